The maximum Gasteiger partial charge on any atom is 0.307 e. The lowest BCUT2D eigenvalue weighted by atomic mass is 9.93. The Labute approximate surface area is 64.7 Å². The Kier molecular flexibility index (Phi) is 1.28. The third kappa shape index (κ3) is 0.800. The van der Waals surface area contributed by atoms with E-state index in [2.05, 4.69) is 0 Å². The largest absolute Gasteiger partial charge is 0.451 e. The minimum atomic E-state index is -0.711. The second-order valence-electron chi connectivity index (χ2n) is 3.34. The molecule has 1 aliphatic carbocycles. The van der Waals surface area contributed by atoms with E-state index in [1.165, 1.54) is 0 Å². The molecule has 0 N–H and O–H groups in total. The van der Waals surface area contributed by atoms with Gasteiger partial charge in [0.15, 0.2) is 11.9 Å². The second-order valence-corrected chi connectivity index (χ2v) is 3.34. The van der Waals surface area contributed by atoms with Crippen molar-refractivity contribution >= 4 is 12.3 Å². The van der Waals surface area contributed by atoms with Crippen molar-refractivity contribution in [2.24, 2.45) is 5.92 Å². The van der Waals surface area contributed by atoms with E-state index in [-0.39, 0.29) is 11.9 Å². The predicted molar refractivity (Wildman–Crippen MR) is 36.8 cm³/mol. The average Bonchev–Trinajstić information content (AvgIpc) is 2.43. The number of ether oxygens (including phenoxy) is 1. The summed E-state index contributed by atoms with van der Waals surface area (Å²) >= 11 is 0. The van der Waals surface area contributed by atoms with Gasteiger partial charge in [0, 0.05) is 5.92 Å². The van der Waals surface area contributed by atoms with Crippen molar-refractivity contribution in [1.29, 1.82) is 0 Å². The molecule has 2 rings (SSSR count). The van der Waals surface area contributed by atoms with Gasteiger partial charge in [-0.25, -0.2) is 0 Å². The van der Waals surface area contributed by atoms with E-state index in [0.717, 1.165) is 25.5 Å². The van der Waals surface area contributed by atoms with Crippen molar-refractivity contribution in [3.63, 3.8) is 0 Å². The van der Waals surface area contributed by atoms with Gasteiger partial charge in [-0.05, 0) is 19.3 Å². The second kappa shape index (κ2) is 2.06. The topological polar surface area (TPSA) is 43.4 Å². The molecule has 0 spiro atoms. The normalized spacial score (nSPS) is 41.8. The summed E-state index contributed by atoms with van der Waals surface area (Å²) in [5.74, 6) is -0.0331. The fourth-order valence-corrected chi connectivity index (χ4v) is 2.12. The molecule has 2 unspecified atom stereocenters. The molecule has 3 nitrogen and oxygen atoms in total. The Balaban J connectivity index is 2.28. The van der Waals surface area contributed by atoms with Crippen LogP contribution in [0.2, 0.25) is 0 Å². The molecule has 1 saturated heterocycles. The molecule has 3 heteroatoms. The molecule has 11 heavy (non-hydrogen) atoms. The first kappa shape index (κ1) is 6.83. The highest BCUT2D eigenvalue weighted by molar-refractivity contribution is 5.80. The summed E-state index contributed by atoms with van der Waals surface area (Å²) in [6.45, 7) is 0. The van der Waals surface area contributed by atoms with E-state index >= 15 is 0 Å². The third-order valence-electron chi connectivity index (χ3n) is 2.73. The Morgan fingerprint density at radius 1 is 1.64 bits per heavy atom. The fraction of sp³-hybridized carbons (Fsp3) is 0.750. The molecule has 0 aromatic heterocycles. The maximum absolute atomic E-state index is 10.8. The number of hydrogen-bond donors (Lipinski definition) is 0. The van der Waals surface area contributed by atoms with Gasteiger partial charge in [0.2, 0.25) is 0 Å². The number of carbonyl (C=O) groups excluding carboxylic acids is 2. The van der Waals surface area contributed by atoms with Crippen LogP contribution in [0.5, 0.6) is 0 Å². The summed E-state index contributed by atoms with van der Waals surface area (Å²) in [6.07, 6.45) is 3.96. The van der Waals surface area contributed by atoms with Crippen molar-refractivity contribution in [3.8, 4) is 0 Å². The Hall–Kier alpha value is -0.860. The van der Waals surface area contributed by atoms with E-state index in [1.807, 2.05) is 0 Å². The van der Waals surface area contributed by atoms with Crippen LogP contribution in [-0.2, 0) is 14.3 Å². The fourth-order valence-electron chi connectivity index (χ4n) is 2.12. The highest BCUT2D eigenvalue weighted by Crippen LogP contribution is 2.44. The van der Waals surface area contributed by atoms with Gasteiger partial charge < -0.3 is 4.74 Å². The first-order chi connectivity index (χ1) is 5.27. The lowest BCUT2D eigenvalue weighted by molar-refractivity contribution is -0.153. The van der Waals surface area contributed by atoms with E-state index in [9.17, 15) is 9.59 Å². The molecular weight excluding hydrogens is 144 g/mol. The standard InChI is InChI=1S/C8H10O3/c9-5-8-3-1-2-6(8)4-7(10)11-8/h5-6H,1-4H2. The lowest BCUT2D eigenvalue weighted by Gasteiger charge is -2.19. The number of carbonyl (C=O) groups is 2. The van der Waals surface area contributed by atoms with Gasteiger partial charge in [0.1, 0.15) is 0 Å². The van der Waals surface area contributed by atoms with E-state index < -0.39 is 5.60 Å². The minimum absolute atomic E-state index is 0.174. The van der Waals surface area contributed by atoms with Crippen molar-refractivity contribution in [2.45, 2.75) is 31.3 Å². The summed E-state index contributed by atoms with van der Waals surface area (Å²) in [6, 6.07) is 0. The molecule has 1 saturated carbocycles. The number of fused-ring (bicyclic) bond motifs is 1. The Morgan fingerprint density at radius 2 is 2.45 bits per heavy atom. The summed E-state index contributed by atoms with van der Waals surface area (Å²) in [5, 5.41) is 0. The summed E-state index contributed by atoms with van der Waals surface area (Å²) in [5.41, 5.74) is -0.711. The van der Waals surface area contributed by atoms with E-state index in [0.29, 0.717) is 6.42 Å². The molecule has 0 aromatic rings. The summed E-state index contributed by atoms with van der Waals surface area (Å²) in [7, 11) is 0. The van der Waals surface area contributed by atoms with Gasteiger partial charge in [-0.2, -0.15) is 0 Å². The van der Waals surface area contributed by atoms with E-state index in [1.54, 1.807) is 0 Å². The SMILES string of the molecule is O=CC12CCCC1CC(=O)O2. The molecule has 2 aliphatic rings. The van der Waals surface area contributed by atoms with Crippen LogP contribution >= 0.6 is 0 Å². The van der Waals surface area contributed by atoms with Crippen LogP contribution in [0.15, 0.2) is 0 Å². The number of rotatable bonds is 1. The molecular formula is C8H10O3. The van der Waals surface area contributed by atoms with Crippen molar-refractivity contribution in [2.75, 3.05) is 0 Å². The molecule has 2 fully saturated rings. The summed E-state index contributed by atoms with van der Waals surface area (Å²) in [4.78, 5) is 21.5. The minimum Gasteiger partial charge on any atom is -0.451 e. The average molecular weight is 154 g/mol. The molecule has 1 aliphatic heterocycles. The number of aldehydes is 1. The Morgan fingerprint density at radius 3 is 3.09 bits per heavy atom. The highest BCUT2D eigenvalue weighted by atomic mass is 16.6. The Bertz CT molecular complexity index is 211. The lowest BCUT2D eigenvalue weighted by Crippen LogP contribution is -2.32. The monoisotopic (exact) mass is 154 g/mol. The number of esters is 1. The van der Waals surface area contributed by atoms with Crippen LogP contribution in [0.3, 0.4) is 0 Å². The molecule has 60 valence electrons. The molecule has 1 heterocycles. The van der Waals surface area contributed by atoms with Crippen LogP contribution in [0.25, 0.3) is 0 Å². The molecule has 0 radical (unpaired) electrons. The van der Waals surface area contributed by atoms with Crippen molar-refractivity contribution in [3.05, 3.63) is 0 Å². The quantitative estimate of drug-likeness (QED) is 0.412. The van der Waals surface area contributed by atoms with Gasteiger partial charge in [-0.1, -0.05) is 0 Å². The third-order valence-corrected chi connectivity index (χ3v) is 2.73. The first-order valence-corrected chi connectivity index (χ1v) is 3.95. The summed E-state index contributed by atoms with van der Waals surface area (Å²) < 4.78 is 5.02. The molecule has 2 atom stereocenters. The number of hydrogen-bond acceptors (Lipinski definition) is 3. The van der Waals surface area contributed by atoms with Gasteiger partial charge in [-0.15, -0.1) is 0 Å². The predicted octanol–water partition coefficient (Wildman–Crippen LogP) is 0.671. The van der Waals surface area contributed by atoms with Crippen LogP contribution < -0.4 is 0 Å². The van der Waals surface area contributed by atoms with Gasteiger partial charge >= 0.3 is 5.97 Å². The molecule has 0 amide bonds. The van der Waals surface area contributed by atoms with E-state index in [4.69, 9.17) is 4.74 Å². The first-order valence-electron chi connectivity index (χ1n) is 3.95. The van der Waals surface area contributed by atoms with Crippen LogP contribution in [-0.4, -0.2) is 17.9 Å². The van der Waals surface area contributed by atoms with Gasteiger partial charge in [-0.3, -0.25) is 9.59 Å². The van der Waals surface area contributed by atoms with Crippen LogP contribution in [0.4, 0.5) is 0 Å². The zero-order chi connectivity index (χ0) is 7.90. The molecule has 0 aromatic carbocycles. The smallest absolute Gasteiger partial charge is 0.307 e. The van der Waals surface area contributed by atoms with Crippen molar-refractivity contribution in [1.82, 2.24) is 0 Å². The zero-order valence-corrected chi connectivity index (χ0v) is 6.21. The molecule has 0 bridgehead atoms. The maximum atomic E-state index is 10.8. The van der Waals surface area contributed by atoms with Gasteiger partial charge in [0.25, 0.3) is 0 Å². The van der Waals surface area contributed by atoms with Crippen LogP contribution in [0.1, 0.15) is 25.7 Å². The van der Waals surface area contributed by atoms with Crippen LogP contribution in [0, 0.1) is 5.92 Å². The highest BCUT2D eigenvalue weighted by Gasteiger charge is 2.52. The van der Waals surface area contributed by atoms with Gasteiger partial charge in [0.05, 0.1) is 6.42 Å². The zero-order valence-electron chi connectivity index (χ0n) is 6.21. The van der Waals surface area contributed by atoms with Crippen molar-refractivity contribution < 1.29 is 14.3 Å².